The number of carbonyl (C=O) groups is 1. The number of likely N-dealkylation sites (tertiary alicyclic amines) is 1. The smallest absolute Gasteiger partial charge is 0.330 e. The summed E-state index contributed by atoms with van der Waals surface area (Å²) in [6.07, 6.45) is 7.72. The summed E-state index contributed by atoms with van der Waals surface area (Å²) in [7, 11) is 0. The van der Waals surface area contributed by atoms with E-state index < -0.39 is 0 Å². The monoisotopic (exact) mass is 362 g/mol. The molecule has 2 fully saturated rings. The van der Waals surface area contributed by atoms with E-state index >= 15 is 0 Å². The van der Waals surface area contributed by atoms with Crippen LogP contribution in [0.5, 0.6) is 0 Å². The molecule has 3 heterocycles. The molecular weight excluding hydrogens is 340 g/mol. The van der Waals surface area contributed by atoms with Gasteiger partial charge in [-0.1, -0.05) is 49.6 Å². The third-order valence-electron chi connectivity index (χ3n) is 6.28. The molecular formula is C21H22N4O2. The van der Waals surface area contributed by atoms with E-state index in [0.717, 1.165) is 6.54 Å². The largest absolute Gasteiger partial charge is 0.347 e. The summed E-state index contributed by atoms with van der Waals surface area (Å²) < 4.78 is 1.39. The Morgan fingerprint density at radius 2 is 1.85 bits per heavy atom. The first kappa shape index (κ1) is 16.3. The van der Waals surface area contributed by atoms with Gasteiger partial charge in [-0.15, -0.1) is 0 Å². The Morgan fingerprint density at radius 3 is 2.63 bits per heavy atom. The topological polar surface area (TPSA) is 70.5 Å². The van der Waals surface area contributed by atoms with E-state index in [1.165, 1.54) is 42.1 Å². The lowest BCUT2D eigenvalue weighted by atomic mass is 9.61. The Labute approximate surface area is 156 Å². The molecule has 2 aliphatic rings. The third kappa shape index (κ3) is 2.43. The first-order chi connectivity index (χ1) is 13.2. The lowest BCUT2D eigenvalue weighted by Crippen LogP contribution is -2.61. The average molecular weight is 362 g/mol. The number of aromatic amines is 1. The molecule has 0 radical (unpaired) electrons. The van der Waals surface area contributed by atoms with E-state index in [2.05, 4.69) is 22.3 Å². The van der Waals surface area contributed by atoms with Crippen LogP contribution in [0.25, 0.3) is 5.65 Å². The molecule has 6 nitrogen and oxygen atoms in total. The van der Waals surface area contributed by atoms with E-state index in [9.17, 15) is 9.59 Å². The van der Waals surface area contributed by atoms with Crippen LogP contribution in [0.1, 0.15) is 54.1 Å². The van der Waals surface area contributed by atoms with Gasteiger partial charge in [0, 0.05) is 18.2 Å². The number of benzene rings is 1. The molecule has 27 heavy (non-hydrogen) atoms. The Kier molecular flexibility index (Phi) is 3.67. The minimum absolute atomic E-state index is 0.0512. The predicted molar refractivity (Wildman–Crippen MR) is 102 cm³/mol. The van der Waals surface area contributed by atoms with Crippen molar-refractivity contribution < 1.29 is 4.79 Å². The van der Waals surface area contributed by atoms with Crippen molar-refractivity contribution in [3.05, 3.63) is 70.3 Å². The minimum atomic E-state index is -0.327. The summed E-state index contributed by atoms with van der Waals surface area (Å²) >= 11 is 0. The van der Waals surface area contributed by atoms with Gasteiger partial charge >= 0.3 is 5.69 Å². The van der Waals surface area contributed by atoms with Gasteiger partial charge in [0.1, 0.15) is 0 Å². The summed E-state index contributed by atoms with van der Waals surface area (Å²) in [5.74, 6) is -0.0512. The normalized spacial score (nSPS) is 21.3. The fraction of sp³-hybridized carbons (Fsp3) is 0.381. The molecule has 0 unspecified atom stereocenters. The molecule has 1 atom stereocenters. The average Bonchev–Trinajstić information content (AvgIpc) is 3.08. The van der Waals surface area contributed by atoms with Gasteiger partial charge in [-0.3, -0.25) is 4.79 Å². The number of nitrogens with zero attached hydrogens (tertiary/aromatic N) is 3. The molecule has 5 rings (SSSR count). The maximum absolute atomic E-state index is 13.4. The first-order valence-electron chi connectivity index (χ1n) is 9.61. The third-order valence-corrected chi connectivity index (χ3v) is 6.28. The molecule has 1 N–H and O–H groups in total. The molecule has 1 saturated carbocycles. The van der Waals surface area contributed by atoms with Crippen LogP contribution in [0.2, 0.25) is 0 Å². The molecule has 1 saturated heterocycles. The van der Waals surface area contributed by atoms with Crippen LogP contribution < -0.4 is 5.69 Å². The summed E-state index contributed by atoms with van der Waals surface area (Å²) in [6.45, 7) is 0.779. The van der Waals surface area contributed by atoms with Gasteiger partial charge in [-0.25, -0.2) is 14.3 Å². The van der Waals surface area contributed by atoms with Crippen molar-refractivity contribution in [1.29, 1.82) is 0 Å². The Hall–Kier alpha value is -2.89. The fourth-order valence-corrected chi connectivity index (χ4v) is 5.03. The van der Waals surface area contributed by atoms with Crippen molar-refractivity contribution in [2.75, 3.05) is 6.54 Å². The van der Waals surface area contributed by atoms with Crippen molar-refractivity contribution in [3.8, 4) is 0 Å². The summed E-state index contributed by atoms with van der Waals surface area (Å²) in [4.78, 5) is 27.2. The quantitative estimate of drug-likeness (QED) is 0.761. The molecule has 6 heteroatoms. The van der Waals surface area contributed by atoms with Gasteiger partial charge in [0.2, 0.25) is 0 Å². The number of H-pyrrole nitrogens is 1. The molecule has 1 amide bonds. The second-order valence-corrected chi connectivity index (χ2v) is 7.81. The fourth-order valence-electron chi connectivity index (χ4n) is 5.03. The molecule has 2 aromatic heterocycles. The van der Waals surface area contributed by atoms with Crippen LogP contribution in [0.4, 0.5) is 0 Å². The van der Waals surface area contributed by atoms with Crippen LogP contribution >= 0.6 is 0 Å². The first-order valence-corrected chi connectivity index (χ1v) is 9.61. The molecule has 1 aromatic carbocycles. The van der Waals surface area contributed by atoms with E-state index in [1.54, 1.807) is 18.3 Å². The molecule has 1 aliphatic heterocycles. The summed E-state index contributed by atoms with van der Waals surface area (Å²) in [5, 5.41) is 6.49. The van der Waals surface area contributed by atoms with Crippen molar-refractivity contribution in [2.45, 2.75) is 38.1 Å². The zero-order chi connectivity index (χ0) is 18.4. The number of nitrogens with one attached hydrogen (secondary N) is 1. The van der Waals surface area contributed by atoms with E-state index in [1.807, 2.05) is 23.1 Å². The molecule has 1 spiro atoms. The lowest BCUT2D eigenvalue weighted by molar-refractivity contribution is -0.0769. The number of hydrogen-bond acceptors (Lipinski definition) is 3. The molecule has 1 aliphatic carbocycles. The van der Waals surface area contributed by atoms with E-state index in [0.29, 0.717) is 11.2 Å². The van der Waals surface area contributed by atoms with Crippen LogP contribution in [0.3, 0.4) is 0 Å². The number of hydrogen-bond donors (Lipinski definition) is 1. The predicted octanol–water partition coefficient (Wildman–Crippen LogP) is 3.17. The number of pyridine rings is 1. The highest BCUT2D eigenvalue weighted by Crippen LogP contribution is 2.57. The zero-order valence-corrected chi connectivity index (χ0v) is 15.1. The second-order valence-electron chi connectivity index (χ2n) is 7.81. The van der Waals surface area contributed by atoms with Crippen molar-refractivity contribution in [2.24, 2.45) is 5.41 Å². The SMILES string of the molecule is O=C(c1cccn2c(=O)[nH]nc12)N1CC2(CCCCC2)[C@H]1c1ccccc1. The van der Waals surface area contributed by atoms with Crippen LogP contribution in [0.15, 0.2) is 53.5 Å². The standard InChI is InChI=1S/C21H22N4O2/c26-19(16-10-7-13-24-18(16)22-23-20(24)27)25-14-21(11-5-2-6-12-21)17(25)15-8-3-1-4-9-15/h1,3-4,7-10,13,17H,2,5-6,11-12,14H2,(H,23,27)/t17-/m1/s1. The van der Waals surface area contributed by atoms with Crippen LogP contribution in [-0.4, -0.2) is 31.9 Å². The Balaban J connectivity index is 1.55. The van der Waals surface area contributed by atoms with Crippen LogP contribution in [-0.2, 0) is 0 Å². The Morgan fingerprint density at radius 1 is 1.07 bits per heavy atom. The van der Waals surface area contributed by atoms with Gasteiger partial charge in [0.15, 0.2) is 5.65 Å². The van der Waals surface area contributed by atoms with Gasteiger partial charge in [0.25, 0.3) is 5.91 Å². The second kappa shape index (κ2) is 6.08. The summed E-state index contributed by atoms with van der Waals surface area (Å²) in [5.41, 5.74) is 1.93. The molecule has 3 aromatic rings. The van der Waals surface area contributed by atoms with Crippen molar-refractivity contribution in [3.63, 3.8) is 0 Å². The van der Waals surface area contributed by atoms with Gasteiger partial charge < -0.3 is 4.90 Å². The number of amides is 1. The van der Waals surface area contributed by atoms with Crippen molar-refractivity contribution >= 4 is 11.6 Å². The highest BCUT2D eigenvalue weighted by molar-refractivity contribution is 6.00. The van der Waals surface area contributed by atoms with E-state index in [4.69, 9.17) is 0 Å². The minimum Gasteiger partial charge on any atom is -0.330 e. The van der Waals surface area contributed by atoms with Crippen LogP contribution in [0, 0.1) is 5.41 Å². The number of fused-ring (bicyclic) bond motifs is 1. The van der Waals surface area contributed by atoms with Crippen molar-refractivity contribution in [1.82, 2.24) is 19.5 Å². The number of rotatable bonds is 2. The van der Waals surface area contributed by atoms with E-state index in [-0.39, 0.29) is 23.1 Å². The Bertz CT molecular complexity index is 1050. The van der Waals surface area contributed by atoms with Gasteiger partial charge in [0.05, 0.1) is 11.6 Å². The highest BCUT2D eigenvalue weighted by atomic mass is 16.2. The van der Waals surface area contributed by atoms with Gasteiger partial charge in [-0.05, 0) is 30.5 Å². The molecule has 138 valence electrons. The number of carbonyl (C=O) groups excluding carboxylic acids is 1. The maximum Gasteiger partial charge on any atom is 0.347 e. The summed E-state index contributed by atoms with van der Waals surface area (Å²) in [6, 6.07) is 13.9. The lowest BCUT2D eigenvalue weighted by Gasteiger charge is -2.59. The van der Waals surface area contributed by atoms with Gasteiger partial charge in [-0.2, -0.15) is 5.10 Å². The highest BCUT2D eigenvalue weighted by Gasteiger charge is 2.55. The number of aromatic nitrogens is 3. The zero-order valence-electron chi connectivity index (χ0n) is 15.1. The molecule has 0 bridgehead atoms. The maximum atomic E-state index is 13.4.